The lowest BCUT2D eigenvalue weighted by atomic mass is 9.90. The topological polar surface area (TPSA) is 18.5 Å². The third kappa shape index (κ3) is 6.70. The molecule has 2 nitrogen and oxygen atoms in total. The van der Waals surface area contributed by atoms with Gasteiger partial charge in [-0.1, -0.05) is 59.5 Å². The molecule has 0 aliphatic heterocycles. The summed E-state index contributed by atoms with van der Waals surface area (Å²) in [5, 5.41) is 0.492. The van der Waals surface area contributed by atoms with Gasteiger partial charge >= 0.3 is 0 Å². The molecule has 2 atom stereocenters. The van der Waals surface area contributed by atoms with E-state index in [-0.39, 0.29) is 10.1 Å². The third-order valence-corrected chi connectivity index (χ3v) is 16.1. The molecule has 1 fully saturated rings. The Hall–Kier alpha value is 0.264. The van der Waals surface area contributed by atoms with E-state index in [1.54, 1.807) is 0 Å². The Kier molecular flexibility index (Phi) is 8.16. The number of rotatable bonds is 6. The fourth-order valence-electron chi connectivity index (χ4n) is 2.85. The highest BCUT2D eigenvalue weighted by molar-refractivity contribution is 7.36. The molecule has 152 valence electrons. The van der Waals surface area contributed by atoms with Gasteiger partial charge in [0.25, 0.3) is 0 Å². The summed E-state index contributed by atoms with van der Waals surface area (Å²) in [5.74, 6) is 0. The zero-order valence-corrected chi connectivity index (χ0v) is 21.9. The lowest BCUT2D eigenvalue weighted by Crippen LogP contribution is -2.48. The van der Waals surface area contributed by atoms with Crippen molar-refractivity contribution in [2.45, 2.75) is 109 Å². The SMILES string of the molecule is C=PCC=C1C[C@@H](O[Si](C)(C)C(C)(C)C)C[C@H](O[Si](C)(C)C(C)(C)C)C1. The Morgan fingerprint density at radius 3 is 1.62 bits per heavy atom. The number of allylic oxidation sites excluding steroid dienone is 1. The molecule has 1 rings (SSSR count). The van der Waals surface area contributed by atoms with Crippen molar-refractivity contribution in [1.82, 2.24) is 0 Å². The Bertz CT molecular complexity index is 475. The van der Waals surface area contributed by atoms with Gasteiger partial charge in [0.2, 0.25) is 0 Å². The maximum atomic E-state index is 6.80. The number of hydrogen-bond acceptors (Lipinski definition) is 2. The summed E-state index contributed by atoms with van der Waals surface area (Å²) in [6.45, 7) is 23.4. The molecular weight excluding hydrogens is 371 g/mol. The Labute approximate surface area is 167 Å². The van der Waals surface area contributed by atoms with Crippen molar-refractivity contribution in [3.05, 3.63) is 11.6 Å². The average Bonchev–Trinajstić information content (AvgIpc) is 2.41. The summed E-state index contributed by atoms with van der Waals surface area (Å²) in [6.07, 6.45) is 11.2. The minimum Gasteiger partial charge on any atom is -0.414 e. The molecule has 0 amide bonds. The molecule has 0 aromatic carbocycles. The van der Waals surface area contributed by atoms with Crippen LogP contribution in [0.25, 0.3) is 0 Å². The van der Waals surface area contributed by atoms with Gasteiger partial charge in [0.05, 0.1) is 12.2 Å². The second kappa shape index (κ2) is 8.74. The smallest absolute Gasteiger partial charge is 0.192 e. The van der Waals surface area contributed by atoms with E-state index >= 15 is 0 Å². The molecular formula is C21H43O2PSi2. The van der Waals surface area contributed by atoms with Gasteiger partial charge in [-0.25, -0.2) is 0 Å². The van der Waals surface area contributed by atoms with E-state index in [2.05, 4.69) is 80.1 Å². The molecule has 0 spiro atoms. The molecule has 0 radical (unpaired) electrons. The summed E-state index contributed by atoms with van der Waals surface area (Å²) >= 11 is 0. The summed E-state index contributed by atoms with van der Waals surface area (Å²) in [5.41, 5.74) is 1.51. The van der Waals surface area contributed by atoms with Gasteiger partial charge in [-0.15, -0.1) is 8.20 Å². The lowest BCUT2D eigenvalue weighted by molar-refractivity contribution is 0.0725. The summed E-state index contributed by atoms with van der Waals surface area (Å²) in [4.78, 5) is 0. The molecule has 0 saturated heterocycles. The van der Waals surface area contributed by atoms with Gasteiger partial charge in [0.1, 0.15) is 0 Å². The molecule has 0 bridgehead atoms. The first-order valence-corrected chi connectivity index (χ1v) is 17.1. The highest BCUT2D eigenvalue weighted by Gasteiger charge is 2.43. The molecule has 0 unspecified atom stereocenters. The summed E-state index contributed by atoms with van der Waals surface area (Å²) in [6, 6.07) is 0. The maximum absolute atomic E-state index is 6.80. The molecule has 0 aromatic rings. The third-order valence-electron chi connectivity index (χ3n) is 6.55. The van der Waals surface area contributed by atoms with Crippen molar-refractivity contribution in [3.8, 4) is 0 Å². The normalized spacial score (nSPS) is 23.4. The Balaban J connectivity index is 2.98. The Morgan fingerprint density at radius 2 is 1.31 bits per heavy atom. The van der Waals surface area contributed by atoms with E-state index in [0.717, 1.165) is 25.4 Å². The van der Waals surface area contributed by atoms with Gasteiger partial charge in [-0.3, -0.25) is 0 Å². The second-order valence-corrected chi connectivity index (χ2v) is 21.2. The zero-order chi connectivity index (χ0) is 20.4. The van der Waals surface area contributed by atoms with E-state index in [1.165, 1.54) is 13.8 Å². The van der Waals surface area contributed by atoms with Crippen LogP contribution in [0.2, 0.25) is 36.3 Å². The van der Waals surface area contributed by atoms with Gasteiger partial charge in [-0.05, 0) is 55.5 Å². The van der Waals surface area contributed by atoms with E-state index in [1.807, 2.05) is 0 Å². The van der Waals surface area contributed by atoms with Crippen molar-refractivity contribution in [3.63, 3.8) is 0 Å². The Morgan fingerprint density at radius 1 is 0.923 bits per heavy atom. The van der Waals surface area contributed by atoms with Crippen molar-refractivity contribution >= 4 is 31.1 Å². The summed E-state index contributed by atoms with van der Waals surface area (Å²) in [7, 11) is -2.34. The molecule has 0 heterocycles. The molecule has 1 aliphatic carbocycles. The van der Waals surface area contributed by atoms with Crippen LogP contribution >= 0.6 is 8.20 Å². The van der Waals surface area contributed by atoms with Crippen molar-refractivity contribution in [2.24, 2.45) is 0 Å². The monoisotopic (exact) mass is 414 g/mol. The first-order chi connectivity index (χ1) is 11.6. The first kappa shape index (κ1) is 24.3. The fourth-order valence-corrected chi connectivity index (χ4v) is 5.98. The molecule has 1 saturated carbocycles. The molecule has 26 heavy (non-hydrogen) atoms. The van der Waals surface area contributed by atoms with Crippen LogP contribution < -0.4 is 0 Å². The highest BCUT2D eigenvalue weighted by Crippen LogP contribution is 2.42. The van der Waals surface area contributed by atoms with Gasteiger partial charge < -0.3 is 8.85 Å². The van der Waals surface area contributed by atoms with Crippen LogP contribution in [-0.4, -0.2) is 41.3 Å². The van der Waals surface area contributed by atoms with Crippen LogP contribution in [0.1, 0.15) is 60.8 Å². The van der Waals surface area contributed by atoms with Crippen molar-refractivity contribution < 1.29 is 8.85 Å². The quantitative estimate of drug-likeness (QED) is 0.259. The molecule has 0 N–H and O–H groups in total. The molecule has 5 heteroatoms. The minimum atomic E-state index is -1.76. The van der Waals surface area contributed by atoms with E-state index in [4.69, 9.17) is 8.85 Å². The number of hydrogen-bond donors (Lipinski definition) is 0. The van der Waals surface area contributed by atoms with Crippen LogP contribution in [0, 0.1) is 0 Å². The summed E-state index contributed by atoms with van der Waals surface area (Å²) < 4.78 is 13.6. The van der Waals surface area contributed by atoms with Crippen LogP contribution in [-0.2, 0) is 8.85 Å². The fraction of sp³-hybridized carbons (Fsp3) is 0.857. The zero-order valence-electron chi connectivity index (χ0n) is 19.0. The second-order valence-electron chi connectivity index (χ2n) is 10.9. The highest BCUT2D eigenvalue weighted by atomic mass is 31.1. The maximum Gasteiger partial charge on any atom is 0.192 e. The van der Waals surface area contributed by atoms with E-state index < -0.39 is 16.6 Å². The van der Waals surface area contributed by atoms with Crippen molar-refractivity contribution in [2.75, 3.05) is 6.16 Å². The minimum absolute atomic E-state index is 0.246. The molecule has 1 aliphatic rings. The van der Waals surface area contributed by atoms with Crippen LogP contribution in [0.3, 0.4) is 0 Å². The van der Waals surface area contributed by atoms with Gasteiger partial charge in [-0.2, -0.15) is 0 Å². The van der Waals surface area contributed by atoms with E-state index in [9.17, 15) is 0 Å². The van der Waals surface area contributed by atoms with Crippen LogP contribution in [0.5, 0.6) is 0 Å². The van der Waals surface area contributed by atoms with Gasteiger partial charge in [0, 0.05) is 6.16 Å². The first-order valence-electron chi connectivity index (χ1n) is 10.0. The standard InChI is InChI=1S/C21H43O2PSi2/c1-20(2,3)25(8,9)22-18-14-17(12-13-24-7)15-19(16-18)23-26(10,11)21(4,5)6/h12,18-19H,7,13-16H2,1-6,8-11H3/t18-,19-/m1/s1. The van der Waals surface area contributed by atoms with Crippen LogP contribution in [0.4, 0.5) is 0 Å². The molecule has 0 aromatic heterocycles. The van der Waals surface area contributed by atoms with Crippen molar-refractivity contribution in [1.29, 1.82) is 0 Å². The predicted molar refractivity (Wildman–Crippen MR) is 125 cm³/mol. The largest absolute Gasteiger partial charge is 0.414 e. The van der Waals surface area contributed by atoms with E-state index in [0.29, 0.717) is 12.2 Å². The van der Waals surface area contributed by atoms with Gasteiger partial charge in [0.15, 0.2) is 16.6 Å². The van der Waals surface area contributed by atoms with Crippen LogP contribution in [0.15, 0.2) is 11.6 Å². The lowest BCUT2D eigenvalue weighted by Gasteiger charge is -2.45. The predicted octanol–water partition coefficient (Wildman–Crippen LogP) is 7.26. The average molecular weight is 415 g/mol.